The van der Waals surface area contributed by atoms with Crippen molar-refractivity contribution in [2.24, 2.45) is 4.36 Å². The summed E-state index contributed by atoms with van der Waals surface area (Å²) in [6.07, 6.45) is 10.7. The van der Waals surface area contributed by atoms with Gasteiger partial charge in [0.05, 0.1) is 27.5 Å². The number of nitrogens with zero attached hydrogens (tertiary/aromatic N) is 5. The van der Waals surface area contributed by atoms with Gasteiger partial charge in [0.2, 0.25) is 0 Å². The second-order valence-electron chi connectivity index (χ2n) is 8.20. The number of hydrogen-bond donors (Lipinski definition) is 1. The lowest BCUT2D eigenvalue weighted by molar-refractivity contribution is 0.398. The fourth-order valence-electron chi connectivity index (χ4n) is 4.54. The van der Waals surface area contributed by atoms with Crippen molar-refractivity contribution in [1.29, 1.82) is 5.26 Å². The molecule has 32 heavy (non-hydrogen) atoms. The summed E-state index contributed by atoms with van der Waals surface area (Å²) in [5, 5.41) is 10.0. The number of allylic oxidation sites excluding steroid dienone is 2. The fourth-order valence-corrected chi connectivity index (χ4v) is 5.71. The smallest absolute Gasteiger partial charge is 0.139 e. The van der Waals surface area contributed by atoms with E-state index in [2.05, 4.69) is 25.0 Å². The minimum atomic E-state index is -2.54. The molecule has 3 aromatic heterocycles. The summed E-state index contributed by atoms with van der Waals surface area (Å²) >= 11 is 0. The Morgan fingerprint density at radius 2 is 2.06 bits per heavy atom. The van der Waals surface area contributed by atoms with Crippen molar-refractivity contribution in [3.8, 4) is 6.07 Å². The first-order valence-corrected chi connectivity index (χ1v) is 12.6. The van der Waals surface area contributed by atoms with E-state index in [1.54, 1.807) is 18.5 Å². The number of H-pyrrole nitrogens is 1. The Balaban J connectivity index is 1.61. The number of benzene rings is 1. The number of pyridine rings is 1. The highest BCUT2D eigenvalue weighted by Gasteiger charge is 2.25. The second kappa shape index (κ2) is 8.24. The highest BCUT2D eigenvalue weighted by molar-refractivity contribution is 7.93. The molecule has 162 valence electrons. The molecule has 5 rings (SSSR count). The Kier molecular flexibility index (Phi) is 5.27. The second-order valence-corrected chi connectivity index (χ2v) is 10.5. The quantitative estimate of drug-likeness (QED) is 0.441. The van der Waals surface area contributed by atoms with Gasteiger partial charge in [-0.25, -0.2) is 18.5 Å². The lowest BCUT2D eigenvalue weighted by Gasteiger charge is -2.27. The van der Waals surface area contributed by atoms with E-state index in [1.165, 1.54) is 5.57 Å². The molecule has 1 aliphatic rings. The maximum absolute atomic E-state index is 13.3. The molecule has 0 bridgehead atoms. The third-order valence-electron chi connectivity index (χ3n) is 6.17. The van der Waals surface area contributed by atoms with E-state index >= 15 is 0 Å². The van der Waals surface area contributed by atoms with Crippen molar-refractivity contribution in [3.05, 3.63) is 66.3 Å². The average molecular weight is 445 g/mol. The van der Waals surface area contributed by atoms with Gasteiger partial charge in [-0.15, -0.1) is 0 Å². The number of nitriles is 1. The number of hydrogen-bond acceptors (Lipinski definition) is 5. The molecule has 8 heteroatoms. The van der Waals surface area contributed by atoms with Crippen molar-refractivity contribution >= 4 is 31.8 Å². The topological polar surface area (TPSA) is 99.7 Å². The molecule has 0 amide bonds. The van der Waals surface area contributed by atoms with Crippen LogP contribution >= 0.6 is 0 Å². The van der Waals surface area contributed by atoms with E-state index < -0.39 is 9.73 Å². The summed E-state index contributed by atoms with van der Waals surface area (Å²) < 4.78 is 20.2. The summed E-state index contributed by atoms with van der Waals surface area (Å²) in [4.78, 5) is 13.3. The Morgan fingerprint density at radius 1 is 1.28 bits per heavy atom. The van der Waals surface area contributed by atoms with E-state index in [0.29, 0.717) is 0 Å². The molecule has 3 heterocycles. The summed E-state index contributed by atoms with van der Waals surface area (Å²) in [5.41, 5.74) is 3.89. The van der Waals surface area contributed by atoms with Crippen LogP contribution < -0.4 is 0 Å². The highest BCUT2D eigenvalue weighted by atomic mass is 32.2. The van der Waals surface area contributed by atoms with Crippen LogP contribution in [0.25, 0.3) is 22.1 Å². The first kappa shape index (κ1) is 20.5. The largest absolute Gasteiger partial charge is 0.346 e. The van der Waals surface area contributed by atoms with Crippen molar-refractivity contribution in [2.75, 3.05) is 6.26 Å². The van der Waals surface area contributed by atoms with Crippen LogP contribution in [-0.4, -0.2) is 30.0 Å². The Morgan fingerprint density at radius 3 is 2.81 bits per heavy atom. The predicted octanol–water partition coefficient (Wildman–Crippen LogP) is 5.13. The summed E-state index contributed by atoms with van der Waals surface area (Å²) in [7, 11) is -2.54. The van der Waals surface area contributed by atoms with Crippen LogP contribution in [0.3, 0.4) is 0 Å². The monoisotopic (exact) mass is 444 g/mol. The van der Waals surface area contributed by atoms with Gasteiger partial charge in [-0.05, 0) is 43.9 Å². The van der Waals surface area contributed by atoms with Gasteiger partial charge in [-0.1, -0.05) is 23.8 Å². The summed E-state index contributed by atoms with van der Waals surface area (Å²) in [6, 6.07) is 13.8. The highest BCUT2D eigenvalue weighted by Crippen LogP contribution is 2.37. The van der Waals surface area contributed by atoms with Crippen LogP contribution in [0.15, 0.2) is 69.7 Å². The predicted molar refractivity (Wildman–Crippen MR) is 125 cm³/mol. The number of imidazole rings is 1. The maximum Gasteiger partial charge on any atom is 0.139 e. The van der Waals surface area contributed by atoms with Gasteiger partial charge >= 0.3 is 0 Å². The van der Waals surface area contributed by atoms with E-state index in [1.807, 2.05) is 42.6 Å². The first-order valence-electron chi connectivity index (χ1n) is 10.7. The van der Waals surface area contributed by atoms with Crippen LogP contribution in [0.4, 0.5) is 0 Å². The molecular formula is C24H24N6OS. The first-order chi connectivity index (χ1) is 15.6. The van der Waals surface area contributed by atoms with Crippen LogP contribution in [0.2, 0.25) is 0 Å². The zero-order valence-electron chi connectivity index (χ0n) is 17.9. The fraction of sp³-hybridized carbons (Fsp3) is 0.292. The van der Waals surface area contributed by atoms with E-state index in [4.69, 9.17) is 10.2 Å². The molecule has 1 saturated carbocycles. The minimum absolute atomic E-state index is 0.242. The molecule has 1 fully saturated rings. The average Bonchev–Trinajstić information content (AvgIpc) is 3.43. The summed E-state index contributed by atoms with van der Waals surface area (Å²) in [6.45, 7) is 0.266. The van der Waals surface area contributed by atoms with Crippen LogP contribution in [0, 0.1) is 11.3 Å². The number of aromatic amines is 1. The molecule has 0 saturated heterocycles. The third kappa shape index (κ3) is 3.69. The lowest BCUT2D eigenvalue weighted by Crippen LogP contribution is -2.16. The Hall–Kier alpha value is -3.44. The van der Waals surface area contributed by atoms with Crippen molar-refractivity contribution in [2.45, 2.75) is 43.2 Å². The van der Waals surface area contributed by atoms with Gasteiger partial charge in [-0.3, -0.25) is 0 Å². The number of aromatic nitrogens is 4. The van der Waals surface area contributed by atoms with E-state index in [9.17, 15) is 4.21 Å². The maximum atomic E-state index is 13.3. The molecule has 1 unspecified atom stereocenters. The van der Waals surface area contributed by atoms with Gasteiger partial charge in [0, 0.05) is 34.9 Å². The molecule has 0 spiro atoms. The third-order valence-corrected chi connectivity index (χ3v) is 7.94. The van der Waals surface area contributed by atoms with Gasteiger partial charge in [0.15, 0.2) is 0 Å². The molecule has 1 atom stereocenters. The standard InChI is InChI=1S/C24H24N6OS/c1-32(31,19-5-3-2-4-6-19)28-16-22-29-21-15-27-24-20(12-14-26-24)23(21)30(22)18-9-7-17(8-10-18)11-13-25/h2-6,11-12,14-15,18H,7-10,16H2,1H3,(H,26,27). The van der Waals surface area contributed by atoms with Gasteiger partial charge in [0.25, 0.3) is 0 Å². The molecule has 4 aromatic rings. The van der Waals surface area contributed by atoms with E-state index in [0.717, 1.165) is 58.5 Å². The SMILES string of the molecule is CS(=O)(=NCc1nc2cnc3[nH]ccc3c2n1C1CCC(=CC#N)CC1)c1ccccc1. The normalized spacial score (nSPS) is 18.4. The zero-order valence-corrected chi connectivity index (χ0v) is 18.7. The lowest BCUT2D eigenvalue weighted by atomic mass is 9.90. The Bertz CT molecular complexity index is 1470. The molecule has 1 N–H and O–H groups in total. The molecule has 0 aliphatic heterocycles. The molecule has 1 aliphatic carbocycles. The molecular weight excluding hydrogens is 420 g/mol. The number of nitrogens with one attached hydrogen (secondary N) is 1. The van der Waals surface area contributed by atoms with Gasteiger partial charge in [0.1, 0.15) is 23.5 Å². The number of rotatable bonds is 4. The number of fused-ring (bicyclic) bond motifs is 3. The van der Waals surface area contributed by atoms with E-state index in [-0.39, 0.29) is 12.6 Å². The van der Waals surface area contributed by atoms with Gasteiger partial charge < -0.3 is 9.55 Å². The molecule has 0 radical (unpaired) electrons. The molecule has 1 aromatic carbocycles. The minimum Gasteiger partial charge on any atom is -0.346 e. The summed E-state index contributed by atoms with van der Waals surface area (Å²) in [5.74, 6) is 0.804. The van der Waals surface area contributed by atoms with Crippen LogP contribution in [0.1, 0.15) is 37.5 Å². The van der Waals surface area contributed by atoms with Gasteiger partial charge in [-0.2, -0.15) is 5.26 Å². The van der Waals surface area contributed by atoms with Crippen LogP contribution in [-0.2, 0) is 16.3 Å². The van der Waals surface area contributed by atoms with Crippen LogP contribution in [0.5, 0.6) is 0 Å². The Labute approximate surface area is 187 Å². The van der Waals surface area contributed by atoms with Crippen molar-refractivity contribution in [3.63, 3.8) is 0 Å². The zero-order chi connectivity index (χ0) is 22.1. The molecule has 7 nitrogen and oxygen atoms in total. The van der Waals surface area contributed by atoms with Crippen molar-refractivity contribution in [1.82, 2.24) is 19.5 Å². The van der Waals surface area contributed by atoms with Crippen molar-refractivity contribution < 1.29 is 4.21 Å².